The molecule has 4 aliphatic rings. The van der Waals surface area contributed by atoms with Crippen molar-refractivity contribution in [2.45, 2.75) is 102 Å². The van der Waals surface area contributed by atoms with E-state index in [1.54, 1.807) is 48.0 Å². The molecule has 3 amide bonds. The van der Waals surface area contributed by atoms with E-state index in [-0.39, 0.29) is 50.2 Å². The minimum Gasteiger partial charge on any atom is -0.469 e. The molecule has 14 heteroatoms. The van der Waals surface area contributed by atoms with E-state index in [4.69, 9.17) is 14.2 Å². The number of aliphatic hydroxyl groups is 1. The van der Waals surface area contributed by atoms with Crippen molar-refractivity contribution < 1.29 is 47.4 Å². The molecule has 0 aromatic heterocycles. The third-order valence-electron chi connectivity index (χ3n) is 10.9. The molecule has 2 aromatic rings. The lowest BCUT2D eigenvalue weighted by atomic mass is 9.82. The fraction of sp³-hybridized carbons (Fsp3) is 0.541. The van der Waals surface area contributed by atoms with E-state index in [0.29, 0.717) is 42.7 Å². The Labute approximate surface area is 298 Å². The molecule has 4 heterocycles. The van der Waals surface area contributed by atoms with E-state index in [2.05, 4.69) is 0 Å². The number of aliphatic hydroxyl groups excluding tert-OH is 1. The number of methoxy groups -OCH3 is 1. The number of hydrogen-bond acceptors (Lipinski definition) is 9. The lowest BCUT2D eigenvalue weighted by Crippen LogP contribution is -2.55. The average molecular weight is 724 g/mol. The van der Waals surface area contributed by atoms with Gasteiger partial charge in [0.1, 0.15) is 0 Å². The van der Waals surface area contributed by atoms with E-state index in [1.165, 1.54) is 18.9 Å². The van der Waals surface area contributed by atoms with E-state index < -0.39 is 55.7 Å². The Morgan fingerprint density at radius 1 is 1.08 bits per heavy atom. The van der Waals surface area contributed by atoms with Gasteiger partial charge in [-0.3, -0.25) is 28.9 Å². The minimum absolute atomic E-state index is 0.0175. The highest BCUT2D eigenvalue weighted by molar-refractivity contribution is 6.72. The van der Waals surface area contributed by atoms with Crippen molar-refractivity contribution in [3.05, 3.63) is 59.2 Å². The predicted molar refractivity (Wildman–Crippen MR) is 187 cm³/mol. The smallest absolute Gasteiger partial charge is 0.305 e. The zero-order valence-corrected chi connectivity index (χ0v) is 30.7. The standard InChI is InChI=1S/C37H46FN3O9Si/c1-22-35(51(4,5)38)30(18-31(44)40-20-25-11-7-6-10-24(25)16-27(40)21-42)50-37(22)28-17-26(41-32(45)19-33(41)49-23(2)43)13-14-29(28)39(36(37)47)15-9-8-12-34(46)48-3/h6-7,10-11,13-14,17,22,27,30,33,35,42H,8-9,12,15-16,18-21H2,1-5H3/t22-,27-,30+,33?,35-,37+/m0/s1. The normalized spacial score (nSPS) is 27.0. The Balaban J connectivity index is 1.36. The zero-order chi connectivity index (χ0) is 36.8. The molecular formula is C37H46FN3O9Si. The number of β-lactam (4-membered cyclic amide) rings is 1. The summed E-state index contributed by atoms with van der Waals surface area (Å²) in [5.74, 6) is -2.55. The van der Waals surface area contributed by atoms with Gasteiger partial charge in [-0.2, -0.15) is 0 Å². The second-order valence-electron chi connectivity index (χ2n) is 14.5. The number of ether oxygens (including phenoxy) is 3. The summed E-state index contributed by atoms with van der Waals surface area (Å²) in [4.78, 5) is 69.8. The lowest BCUT2D eigenvalue weighted by molar-refractivity contribution is -0.154. The van der Waals surface area contributed by atoms with Crippen LogP contribution in [0.2, 0.25) is 18.6 Å². The summed E-state index contributed by atoms with van der Waals surface area (Å²) < 4.78 is 33.5. The number of fused-ring (bicyclic) bond motifs is 3. The maximum absolute atomic E-state index is 16.5. The van der Waals surface area contributed by atoms with Gasteiger partial charge in [0, 0.05) is 49.1 Å². The third kappa shape index (κ3) is 6.57. The highest BCUT2D eigenvalue weighted by Gasteiger charge is 2.67. The van der Waals surface area contributed by atoms with Gasteiger partial charge in [0.15, 0.2) is 11.8 Å². The van der Waals surface area contributed by atoms with Crippen LogP contribution in [0, 0.1) is 5.92 Å². The first-order valence-electron chi connectivity index (χ1n) is 17.6. The van der Waals surface area contributed by atoms with Gasteiger partial charge in [0.25, 0.3) is 5.91 Å². The highest BCUT2D eigenvalue weighted by atomic mass is 28.4. The molecule has 1 N–H and O–H groups in total. The van der Waals surface area contributed by atoms with Crippen molar-refractivity contribution >= 4 is 49.4 Å². The van der Waals surface area contributed by atoms with Gasteiger partial charge in [-0.25, -0.2) is 0 Å². The molecule has 12 nitrogen and oxygen atoms in total. The second-order valence-corrected chi connectivity index (χ2v) is 18.3. The van der Waals surface area contributed by atoms with Crippen LogP contribution in [0.25, 0.3) is 0 Å². The Morgan fingerprint density at radius 2 is 1.80 bits per heavy atom. The summed E-state index contributed by atoms with van der Waals surface area (Å²) in [7, 11) is -2.31. The Kier molecular flexibility index (Phi) is 10.1. The van der Waals surface area contributed by atoms with Crippen LogP contribution in [-0.2, 0) is 56.7 Å². The van der Waals surface area contributed by atoms with Gasteiger partial charge in [-0.1, -0.05) is 31.2 Å². The zero-order valence-electron chi connectivity index (χ0n) is 29.7. The van der Waals surface area contributed by atoms with Crippen molar-refractivity contribution in [1.29, 1.82) is 0 Å². The van der Waals surface area contributed by atoms with Crippen molar-refractivity contribution in [3.63, 3.8) is 0 Å². The monoisotopic (exact) mass is 723 g/mol. The van der Waals surface area contributed by atoms with Crippen LogP contribution in [0.5, 0.6) is 0 Å². The Morgan fingerprint density at radius 3 is 2.45 bits per heavy atom. The first-order chi connectivity index (χ1) is 24.2. The van der Waals surface area contributed by atoms with Crippen LogP contribution in [0.15, 0.2) is 42.5 Å². The molecule has 0 aliphatic carbocycles. The van der Waals surface area contributed by atoms with Gasteiger partial charge in [-0.05, 0) is 61.7 Å². The largest absolute Gasteiger partial charge is 0.469 e. The number of nitrogens with zero attached hydrogens (tertiary/aromatic N) is 3. The number of benzene rings is 2. The first kappa shape index (κ1) is 36.6. The predicted octanol–water partition coefficient (Wildman–Crippen LogP) is 4.11. The highest BCUT2D eigenvalue weighted by Crippen LogP contribution is 2.61. The van der Waals surface area contributed by atoms with Crippen LogP contribution in [0.3, 0.4) is 0 Å². The molecule has 2 aromatic carbocycles. The summed E-state index contributed by atoms with van der Waals surface area (Å²) in [6.07, 6.45) is -0.314. The number of esters is 2. The first-order valence-corrected chi connectivity index (χ1v) is 20.5. The average Bonchev–Trinajstić information content (AvgIpc) is 3.50. The Hall–Kier alpha value is -4.14. The van der Waals surface area contributed by atoms with Gasteiger partial charge in [0.05, 0.1) is 44.4 Å². The van der Waals surface area contributed by atoms with Crippen molar-refractivity contribution in [2.75, 3.05) is 30.1 Å². The summed E-state index contributed by atoms with van der Waals surface area (Å²) >= 11 is 0. The van der Waals surface area contributed by atoms with Crippen LogP contribution in [0.4, 0.5) is 15.5 Å². The molecule has 51 heavy (non-hydrogen) atoms. The van der Waals surface area contributed by atoms with Crippen molar-refractivity contribution in [3.8, 4) is 0 Å². The Bertz CT molecular complexity index is 1730. The minimum atomic E-state index is -3.62. The van der Waals surface area contributed by atoms with Crippen molar-refractivity contribution in [1.82, 2.24) is 4.90 Å². The topological polar surface area (TPSA) is 143 Å². The summed E-state index contributed by atoms with van der Waals surface area (Å²) in [6, 6.07) is 12.4. The molecule has 6 atom stereocenters. The fourth-order valence-corrected chi connectivity index (χ4v) is 11.1. The van der Waals surface area contributed by atoms with Crippen LogP contribution in [0.1, 0.15) is 62.6 Å². The number of carbonyl (C=O) groups excluding carboxylic acids is 5. The second kappa shape index (κ2) is 14.1. The number of hydrogen-bond donors (Lipinski definition) is 1. The summed E-state index contributed by atoms with van der Waals surface area (Å²) in [6.45, 7) is 6.49. The van der Waals surface area contributed by atoms with Crippen LogP contribution < -0.4 is 9.80 Å². The van der Waals surface area contributed by atoms with Crippen molar-refractivity contribution in [2.24, 2.45) is 5.92 Å². The molecule has 1 spiro atoms. The maximum atomic E-state index is 16.5. The number of amides is 3. The van der Waals surface area contributed by atoms with E-state index in [0.717, 1.165) is 11.1 Å². The number of rotatable bonds is 11. The van der Waals surface area contributed by atoms with E-state index >= 15 is 4.11 Å². The van der Waals surface area contributed by atoms with Gasteiger partial charge < -0.3 is 33.2 Å². The van der Waals surface area contributed by atoms with E-state index in [1.807, 2.05) is 24.3 Å². The fourth-order valence-electron chi connectivity index (χ4n) is 8.56. The molecule has 0 bridgehead atoms. The quantitative estimate of drug-likeness (QED) is 0.119. The van der Waals surface area contributed by atoms with Crippen LogP contribution >= 0.6 is 0 Å². The van der Waals surface area contributed by atoms with Gasteiger partial charge >= 0.3 is 11.9 Å². The molecule has 0 saturated carbocycles. The van der Waals surface area contributed by atoms with Crippen LogP contribution in [-0.4, -0.2) is 86.7 Å². The maximum Gasteiger partial charge on any atom is 0.305 e. The SMILES string of the molecule is COC(=O)CCCCN1C(=O)[C@]2(O[C@H](CC(=O)N3Cc4ccccc4C[C@H]3CO)[C@@H]([Si](C)(C)F)[C@@H]2C)c2cc(N3C(=O)CC3OC(C)=O)ccc21. The molecule has 1 unspecified atom stereocenters. The number of carbonyl (C=O) groups is 5. The lowest BCUT2D eigenvalue weighted by Gasteiger charge is -2.39. The molecule has 0 radical (unpaired) electrons. The number of unbranched alkanes of at least 4 members (excludes halogenated alkanes) is 1. The van der Waals surface area contributed by atoms with E-state index in [9.17, 15) is 29.1 Å². The third-order valence-corrected chi connectivity index (χ3v) is 13.4. The number of anilines is 2. The summed E-state index contributed by atoms with van der Waals surface area (Å²) in [5.41, 5.74) is 0.991. The molecule has 2 fully saturated rings. The molecule has 2 saturated heterocycles. The van der Waals surface area contributed by atoms with Gasteiger partial charge in [-0.15, -0.1) is 0 Å². The molecule has 4 aliphatic heterocycles. The number of halogens is 1. The molecule has 6 rings (SSSR count). The molecule has 274 valence electrons. The summed E-state index contributed by atoms with van der Waals surface area (Å²) in [5, 5.41) is 10.3. The molecular weight excluding hydrogens is 678 g/mol. The van der Waals surface area contributed by atoms with Gasteiger partial charge in [0.2, 0.25) is 20.2 Å².